The van der Waals surface area contributed by atoms with E-state index in [1.165, 1.54) is 11.0 Å². The van der Waals surface area contributed by atoms with Gasteiger partial charge in [0.1, 0.15) is 18.0 Å². The topological polar surface area (TPSA) is 133 Å². The number of nitrogens with one attached hydrogen (secondary N) is 1. The van der Waals surface area contributed by atoms with Crippen LogP contribution >= 0.6 is 23.2 Å². The number of aromatic amines is 1. The van der Waals surface area contributed by atoms with Crippen molar-refractivity contribution in [3.8, 4) is 28.2 Å². The smallest absolute Gasteiger partial charge is 0.251 e. The predicted octanol–water partition coefficient (Wildman–Crippen LogP) is 3.70. The molecule has 12 heteroatoms. The average molecular weight is 506 g/mol. The highest BCUT2D eigenvalue weighted by molar-refractivity contribution is 6.31. The summed E-state index contributed by atoms with van der Waals surface area (Å²) in [6.45, 7) is 0.572. The van der Waals surface area contributed by atoms with Gasteiger partial charge in [-0.05, 0) is 58.8 Å². The van der Waals surface area contributed by atoms with Crippen LogP contribution in [0, 0.1) is 0 Å². The van der Waals surface area contributed by atoms with E-state index in [0.717, 1.165) is 22.5 Å². The van der Waals surface area contributed by atoms with Gasteiger partial charge in [0.25, 0.3) is 5.56 Å². The van der Waals surface area contributed by atoms with Crippen molar-refractivity contribution < 1.29 is 0 Å². The van der Waals surface area contributed by atoms with Gasteiger partial charge in [0.05, 0.1) is 11.4 Å². The molecular formula is C23H17Cl2N9O. The van der Waals surface area contributed by atoms with Gasteiger partial charge < -0.3 is 15.3 Å². The van der Waals surface area contributed by atoms with Crippen molar-refractivity contribution in [2.75, 3.05) is 5.73 Å². The number of anilines is 1. The van der Waals surface area contributed by atoms with Crippen LogP contribution in [0.5, 0.6) is 0 Å². The summed E-state index contributed by atoms with van der Waals surface area (Å²) in [5.41, 5.74) is 10.1. The minimum absolute atomic E-state index is 0.110. The number of rotatable bonds is 4. The van der Waals surface area contributed by atoms with Crippen molar-refractivity contribution in [1.29, 1.82) is 0 Å². The Balaban J connectivity index is 1.46. The Labute approximate surface area is 208 Å². The second kappa shape index (κ2) is 8.33. The van der Waals surface area contributed by atoms with E-state index in [0.29, 0.717) is 46.0 Å². The minimum atomic E-state index is -0.145. The number of benzene rings is 1. The zero-order valence-electron chi connectivity index (χ0n) is 18.1. The number of pyridine rings is 2. The maximum absolute atomic E-state index is 13.1. The number of fused-ring (bicyclic) bond motifs is 1. The van der Waals surface area contributed by atoms with E-state index in [4.69, 9.17) is 28.9 Å². The zero-order valence-corrected chi connectivity index (χ0v) is 19.6. The Morgan fingerprint density at radius 1 is 1.09 bits per heavy atom. The van der Waals surface area contributed by atoms with Gasteiger partial charge in [-0.3, -0.25) is 4.79 Å². The molecule has 1 unspecified atom stereocenters. The Kier molecular flexibility index (Phi) is 5.12. The number of nitrogens with two attached hydrogens (primary N) is 1. The lowest BCUT2D eigenvalue weighted by molar-refractivity contribution is 0.701. The summed E-state index contributed by atoms with van der Waals surface area (Å²) >= 11 is 12.9. The van der Waals surface area contributed by atoms with E-state index in [2.05, 4.69) is 30.5 Å². The number of imidazole rings is 1. The van der Waals surface area contributed by atoms with Gasteiger partial charge in [-0.25, -0.2) is 9.97 Å². The highest BCUT2D eigenvalue weighted by atomic mass is 35.5. The number of aromatic nitrogens is 8. The van der Waals surface area contributed by atoms with E-state index in [9.17, 15) is 4.79 Å². The van der Waals surface area contributed by atoms with Crippen LogP contribution in [0.3, 0.4) is 0 Å². The molecule has 6 rings (SSSR count). The Morgan fingerprint density at radius 2 is 1.97 bits per heavy atom. The van der Waals surface area contributed by atoms with E-state index >= 15 is 0 Å². The fourth-order valence-electron chi connectivity index (χ4n) is 4.49. The fourth-order valence-corrected chi connectivity index (χ4v) is 4.92. The van der Waals surface area contributed by atoms with Crippen molar-refractivity contribution in [2.45, 2.75) is 18.9 Å². The fraction of sp³-hybridized carbons (Fsp3) is 0.130. The van der Waals surface area contributed by atoms with Gasteiger partial charge in [-0.15, -0.1) is 5.10 Å². The van der Waals surface area contributed by atoms with Crippen LogP contribution in [0.25, 0.3) is 28.2 Å². The molecule has 1 aromatic carbocycles. The number of halogens is 2. The molecule has 5 aromatic rings. The van der Waals surface area contributed by atoms with Gasteiger partial charge in [0.2, 0.25) is 0 Å². The van der Waals surface area contributed by atoms with Crippen molar-refractivity contribution in [1.82, 2.24) is 39.7 Å². The zero-order chi connectivity index (χ0) is 24.1. The van der Waals surface area contributed by atoms with Crippen LogP contribution in [0.2, 0.25) is 10.2 Å². The lowest BCUT2D eigenvalue weighted by Crippen LogP contribution is -2.19. The first-order valence-corrected chi connectivity index (χ1v) is 11.5. The van der Waals surface area contributed by atoms with E-state index in [1.807, 2.05) is 18.2 Å². The van der Waals surface area contributed by atoms with Crippen LogP contribution in [0.15, 0.2) is 59.8 Å². The lowest BCUT2D eigenvalue weighted by atomic mass is 9.97. The normalized spacial score (nSPS) is 14.9. The molecule has 1 aliphatic rings. The first-order chi connectivity index (χ1) is 17.0. The molecule has 0 saturated heterocycles. The molecule has 0 fully saturated rings. The molecular weight excluding hydrogens is 489 g/mol. The summed E-state index contributed by atoms with van der Waals surface area (Å²) in [7, 11) is 0. The summed E-state index contributed by atoms with van der Waals surface area (Å²) in [6.07, 6.45) is 3.84. The Morgan fingerprint density at radius 3 is 2.74 bits per heavy atom. The van der Waals surface area contributed by atoms with Crippen molar-refractivity contribution >= 4 is 29.0 Å². The maximum Gasteiger partial charge on any atom is 0.251 e. The molecule has 4 aromatic heterocycles. The molecule has 174 valence electrons. The molecule has 0 saturated carbocycles. The van der Waals surface area contributed by atoms with Crippen LogP contribution in [-0.4, -0.2) is 39.7 Å². The van der Waals surface area contributed by atoms with E-state index < -0.39 is 0 Å². The molecule has 0 radical (unpaired) electrons. The Hall–Kier alpha value is -4.02. The number of H-pyrrole nitrogens is 1. The molecule has 10 nitrogen and oxygen atoms in total. The van der Waals surface area contributed by atoms with Gasteiger partial charge >= 0.3 is 0 Å². The lowest BCUT2D eigenvalue weighted by Gasteiger charge is -2.14. The Bertz CT molecular complexity index is 1610. The van der Waals surface area contributed by atoms with Gasteiger partial charge in [0, 0.05) is 46.6 Å². The number of tetrazole rings is 1. The van der Waals surface area contributed by atoms with Crippen molar-refractivity contribution in [3.63, 3.8) is 0 Å². The number of nitrogens with zero attached hydrogens (tertiary/aromatic N) is 7. The van der Waals surface area contributed by atoms with Gasteiger partial charge in [0.15, 0.2) is 5.15 Å². The minimum Gasteiger partial charge on any atom is -0.384 e. The predicted molar refractivity (Wildman–Crippen MR) is 132 cm³/mol. The third kappa shape index (κ3) is 3.76. The van der Waals surface area contributed by atoms with Gasteiger partial charge in [-0.1, -0.05) is 23.2 Å². The largest absolute Gasteiger partial charge is 0.384 e. The van der Waals surface area contributed by atoms with E-state index in [1.54, 1.807) is 35.0 Å². The van der Waals surface area contributed by atoms with Crippen molar-refractivity contribution in [3.05, 3.63) is 86.9 Å². The quantitative estimate of drug-likeness (QED) is 0.380. The first-order valence-electron chi connectivity index (χ1n) is 10.7. The number of hydrogen-bond acceptors (Lipinski definition) is 7. The highest BCUT2D eigenvalue weighted by Crippen LogP contribution is 2.39. The number of hydrogen-bond donors (Lipinski definition) is 2. The molecule has 35 heavy (non-hydrogen) atoms. The molecule has 3 N–H and O–H groups in total. The van der Waals surface area contributed by atoms with Crippen LogP contribution in [-0.2, 0) is 6.54 Å². The molecule has 0 spiro atoms. The van der Waals surface area contributed by atoms with Gasteiger partial charge in [-0.2, -0.15) is 4.68 Å². The average Bonchev–Trinajstić information content (AvgIpc) is 3.59. The first kappa shape index (κ1) is 21.5. The van der Waals surface area contributed by atoms with Crippen LogP contribution in [0.1, 0.15) is 23.7 Å². The van der Waals surface area contributed by atoms with Crippen LogP contribution in [0.4, 0.5) is 5.82 Å². The molecule has 1 aliphatic heterocycles. The summed E-state index contributed by atoms with van der Waals surface area (Å²) in [5.74, 6) is 0.865. The van der Waals surface area contributed by atoms with E-state index in [-0.39, 0.29) is 11.5 Å². The summed E-state index contributed by atoms with van der Waals surface area (Å²) in [4.78, 5) is 25.1. The molecule has 1 atom stereocenters. The monoisotopic (exact) mass is 505 g/mol. The molecule has 0 aliphatic carbocycles. The molecule has 0 amide bonds. The second-order valence-corrected chi connectivity index (χ2v) is 8.97. The molecule has 5 heterocycles. The summed E-state index contributed by atoms with van der Waals surface area (Å²) in [6, 6.07) is 12.5. The van der Waals surface area contributed by atoms with Crippen molar-refractivity contribution in [2.24, 2.45) is 0 Å². The standard InChI is InChI=1S/C23H17Cl2N9O/c24-14-2-3-17(34-11-28-31-32-34)16(9-14)13-7-18-15(5-6-33(18)20(35)8-13)21-22(25)30-23(29-21)12-1-4-19(26)27-10-12/h1-4,7-11,15H,5-6H2,(H2,26,27)(H,29,30). The highest BCUT2D eigenvalue weighted by Gasteiger charge is 2.30. The van der Waals surface area contributed by atoms with Crippen LogP contribution < -0.4 is 11.3 Å². The summed E-state index contributed by atoms with van der Waals surface area (Å²) in [5, 5.41) is 12.3. The third-order valence-electron chi connectivity index (χ3n) is 6.12. The summed E-state index contributed by atoms with van der Waals surface area (Å²) < 4.78 is 3.30. The SMILES string of the molecule is Nc1ccc(-c2nc(Cl)c(C3CCn4c3cc(-c3cc(Cl)ccc3-n3cnnn3)cc4=O)[nH]2)cn1. The number of nitrogen functional groups attached to an aromatic ring is 1. The molecule has 0 bridgehead atoms. The third-order valence-corrected chi connectivity index (χ3v) is 6.64. The second-order valence-electron chi connectivity index (χ2n) is 8.18. The maximum atomic E-state index is 13.1.